The van der Waals surface area contributed by atoms with Crippen LogP contribution in [0.1, 0.15) is 18.4 Å². The van der Waals surface area contributed by atoms with Crippen LogP contribution in [0.25, 0.3) is 22.4 Å². The highest BCUT2D eigenvalue weighted by Crippen LogP contribution is 2.46. The van der Waals surface area contributed by atoms with E-state index in [0.29, 0.717) is 0 Å². The van der Waals surface area contributed by atoms with Crippen molar-refractivity contribution in [3.05, 3.63) is 66.6 Å². The fourth-order valence-corrected chi connectivity index (χ4v) is 3.00. The first kappa shape index (κ1) is 13.9. The monoisotopic (exact) mass is 302 g/mol. The van der Waals surface area contributed by atoms with E-state index in [9.17, 15) is 4.79 Å². The van der Waals surface area contributed by atoms with Crippen molar-refractivity contribution in [2.75, 3.05) is 0 Å². The van der Waals surface area contributed by atoms with Gasteiger partial charge in [0, 0.05) is 18.8 Å². The lowest BCUT2D eigenvalue weighted by Gasteiger charge is -2.09. The van der Waals surface area contributed by atoms with Crippen LogP contribution in [0.5, 0.6) is 0 Å². The lowest BCUT2D eigenvalue weighted by Crippen LogP contribution is -2.07. The number of hydrogen-bond donors (Lipinski definition) is 0. The van der Waals surface area contributed by atoms with Crippen LogP contribution in [0.3, 0.4) is 0 Å². The van der Waals surface area contributed by atoms with E-state index in [1.165, 1.54) is 11.1 Å². The molecule has 0 spiro atoms. The summed E-state index contributed by atoms with van der Waals surface area (Å²) in [6.07, 6.45) is 6.88. The van der Waals surface area contributed by atoms with Crippen molar-refractivity contribution < 1.29 is 4.79 Å². The van der Waals surface area contributed by atoms with Gasteiger partial charge in [-0.2, -0.15) is 0 Å². The third-order valence-electron chi connectivity index (χ3n) is 4.69. The zero-order valence-corrected chi connectivity index (χ0v) is 13.1. The number of carbonyl (C=O) groups is 1. The highest BCUT2D eigenvalue weighted by Gasteiger charge is 2.44. The van der Waals surface area contributed by atoms with Gasteiger partial charge >= 0.3 is 0 Å². The van der Waals surface area contributed by atoms with Crippen molar-refractivity contribution in [2.24, 2.45) is 7.05 Å². The number of nitrogens with zero attached hydrogens (tertiary/aromatic N) is 2. The Morgan fingerprint density at radius 2 is 1.52 bits per heavy atom. The van der Waals surface area contributed by atoms with Gasteiger partial charge in [0.1, 0.15) is 6.29 Å². The Bertz CT molecular complexity index is 840. The summed E-state index contributed by atoms with van der Waals surface area (Å²) >= 11 is 0. The van der Waals surface area contributed by atoms with Gasteiger partial charge in [-0.3, -0.25) is 0 Å². The molecule has 1 heterocycles. The molecule has 3 nitrogen and oxygen atoms in total. The zero-order chi connectivity index (χ0) is 15.9. The fraction of sp³-hybridized carbons (Fsp3) is 0.200. The molecule has 0 N–H and O–H groups in total. The van der Waals surface area contributed by atoms with E-state index in [2.05, 4.69) is 53.5 Å². The second-order valence-electron chi connectivity index (χ2n) is 6.35. The van der Waals surface area contributed by atoms with Gasteiger partial charge in [-0.1, -0.05) is 48.5 Å². The Labute approximate surface area is 135 Å². The summed E-state index contributed by atoms with van der Waals surface area (Å²) in [5, 5.41) is 0. The van der Waals surface area contributed by atoms with Crippen molar-refractivity contribution in [3.63, 3.8) is 0 Å². The second kappa shape index (κ2) is 5.20. The van der Waals surface area contributed by atoms with Gasteiger partial charge in [0.15, 0.2) is 0 Å². The topological polar surface area (TPSA) is 34.9 Å². The minimum absolute atomic E-state index is 0.193. The lowest BCUT2D eigenvalue weighted by atomic mass is 9.95. The Balaban J connectivity index is 1.59. The van der Waals surface area contributed by atoms with E-state index in [1.54, 1.807) is 0 Å². The molecule has 1 aliphatic carbocycles. The molecule has 1 saturated carbocycles. The summed E-state index contributed by atoms with van der Waals surface area (Å²) in [5.74, 6) is 0. The van der Waals surface area contributed by atoms with Gasteiger partial charge in [-0.25, -0.2) is 4.98 Å². The van der Waals surface area contributed by atoms with Crippen molar-refractivity contribution in [1.29, 1.82) is 0 Å². The molecule has 2 aromatic carbocycles. The summed E-state index contributed by atoms with van der Waals surface area (Å²) in [6, 6.07) is 16.8. The number of aromatic nitrogens is 2. The molecule has 0 saturated heterocycles. The third kappa shape index (κ3) is 2.48. The van der Waals surface area contributed by atoms with E-state index in [4.69, 9.17) is 0 Å². The SMILES string of the molecule is Cn1cnc(-c2ccc(-c3ccc(C4(C=O)CC4)cc3)cc2)c1. The molecule has 3 heteroatoms. The van der Waals surface area contributed by atoms with Crippen molar-refractivity contribution in [2.45, 2.75) is 18.3 Å². The molecule has 1 fully saturated rings. The largest absolute Gasteiger partial charge is 0.340 e. The third-order valence-corrected chi connectivity index (χ3v) is 4.69. The van der Waals surface area contributed by atoms with E-state index in [0.717, 1.165) is 35.9 Å². The van der Waals surface area contributed by atoms with Crippen molar-refractivity contribution in [1.82, 2.24) is 9.55 Å². The highest BCUT2D eigenvalue weighted by atomic mass is 16.1. The normalized spacial score (nSPS) is 15.3. The Morgan fingerprint density at radius 1 is 0.957 bits per heavy atom. The predicted molar refractivity (Wildman–Crippen MR) is 91.1 cm³/mol. The quantitative estimate of drug-likeness (QED) is 0.683. The summed E-state index contributed by atoms with van der Waals surface area (Å²) in [4.78, 5) is 15.6. The van der Waals surface area contributed by atoms with Crippen LogP contribution in [-0.4, -0.2) is 15.8 Å². The minimum atomic E-state index is -0.193. The molecular weight excluding hydrogens is 284 g/mol. The number of aldehydes is 1. The van der Waals surface area contributed by atoms with Crippen molar-refractivity contribution in [3.8, 4) is 22.4 Å². The summed E-state index contributed by atoms with van der Waals surface area (Å²) < 4.78 is 1.95. The first-order valence-corrected chi connectivity index (χ1v) is 7.86. The standard InChI is InChI=1S/C20H18N2O/c1-22-12-19(21-14-22)17-4-2-15(3-5-17)16-6-8-18(9-7-16)20(13-23)10-11-20/h2-9,12-14H,10-11H2,1H3. The molecule has 4 rings (SSSR count). The predicted octanol–water partition coefficient (Wildman–Crippen LogP) is 3.98. The van der Waals surface area contributed by atoms with Crippen LogP contribution in [0, 0.1) is 0 Å². The second-order valence-corrected chi connectivity index (χ2v) is 6.35. The van der Waals surface area contributed by atoms with Crippen molar-refractivity contribution >= 4 is 6.29 Å². The number of imidazole rings is 1. The maximum absolute atomic E-state index is 11.2. The van der Waals surface area contributed by atoms with E-state index < -0.39 is 0 Å². The van der Waals surface area contributed by atoms with Crippen LogP contribution in [-0.2, 0) is 17.3 Å². The molecule has 23 heavy (non-hydrogen) atoms. The Kier molecular flexibility index (Phi) is 3.15. The van der Waals surface area contributed by atoms with Gasteiger partial charge in [-0.15, -0.1) is 0 Å². The zero-order valence-electron chi connectivity index (χ0n) is 13.1. The van der Waals surface area contributed by atoms with E-state index >= 15 is 0 Å². The lowest BCUT2D eigenvalue weighted by molar-refractivity contribution is -0.109. The minimum Gasteiger partial charge on any atom is -0.340 e. The van der Waals surface area contributed by atoms with Crippen LogP contribution in [0.2, 0.25) is 0 Å². The molecule has 0 unspecified atom stereocenters. The average Bonchev–Trinajstić information content (AvgIpc) is 3.29. The number of aryl methyl sites for hydroxylation is 1. The van der Waals surface area contributed by atoms with Gasteiger partial charge in [0.05, 0.1) is 17.4 Å². The number of rotatable bonds is 4. The average molecular weight is 302 g/mol. The smallest absolute Gasteiger partial charge is 0.130 e. The number of benzene rings is 2. The molecule has 1 aliphatic rings. The number of carbonyl (C=O) groups excluding carboxylic acids is 1. The van der Waals surface area contributed by atoms with E-state index in [1.807, 2.05) is 24.1 Å². The van der Waals surface area contributed by atoms with Gasteiger partial charge < -0.3 is 9.36 Å². The summed E-state index contributed by atoms with van der Waals surface area (Å²) in [7, 11) is 1.97. The first-order valence-electron chi connectivity index (χ1n) is 7.86. The van der Waals surface area contributed by atoms with Gasteiger partial charge in [0.25, 0.3) is 0 Å². The Morgan fingerprint density at radius 3 is 2.00 bits per heavy atom. The molecule has 0 atom stereocenters. The molecule has 0 aliphatic heterocycles. The molecule has 1 aromatic heterocycles. The van der Waals surface area contributed by atoms with E-state index in [-0.39, 0.29) is 5.41 Å². The molecule has 114 valence electrons. The van der Waals surface area contributed by atoms with Gasteiger partial charge in [-0.05, 0) is 29.5 Å². The first-order chi connectivity index (χ1) is 11.2. The molecule has 0 radical (unpaired) electrons. The van der Waals surface area contributed by atoms with Gasteiger partial charge in [0.2, 0.25) is 0 Å². The van der Waals surface area contributed by atoms with Crippen LogP contribution in [0.4, 0.5) is 0 Å². The Hall–Kier alpha value is -2.68. The molecular formula is C20H18N2O. The summed E-state index contributed by atoms with van der Waals surface area (Å²) in [5.41, 5.74) is 5.39. The molecule has 0 amide bonds. The summed E-state index contributed by atoms with van der Waals surface area (Å²) in [6.45, 7) is 0. The maximum atomic E-state index is 11.2. The highest BCUT2D eigenvalue weighted by molar-refractivity contribution is 5.74. The molecule has 0 bridgehead atoms. The molecule has 3 aromatic rings. The van der Waals surface area contributed by atoms with Crippen LogP contribution in [0.15, 0.2) is 61.1 Å². The van der Waals surface area contributed by atoms with Crippen LogP contribution < -0.4 is 0 Å². The number of hydrogen-bond acceptors (Lipinski definition) is 2. The fourth-order valence-electron chi connectivity index (χ4n) is 3.00. The van der Waals surface area contributed by atoms with Crippen LogP contribution >= 0.6 is 0 Å². The maximum Gasteiger partial charge on any atom is 0.130 e.